The average Bonchev–Trinajstić information content (AvgIpc) is 2.23. The van der Waals surface area contributed by atoms with E-state index in [0.29, 0.717) is 19.7 Å². The van der Waals surface area contributed by atoms with Crippen molar-refractivity contribution in [3.8, 4) is 0 Å². The van der Waals surface area contributed by atoms with Gasteiger partial charge < -0.3 is 15.0 Å². The SMILES string of the molecule is COCCNCC(=O)N1CCS(=O)(=O)CC1C.Cl. The molecule has 0 aliphatic carbocycles. The number of carbonyl (C=O) groups is 1. The molecule has 6 nitrogen and oxygen atoms in total. The molecule has 8 heteroatoms. The van der Waals surface area contributed by atoms with Crippen molar-refractivity contribution in [3.63, 3.8) is 0 Å². The van der Waals surface area contributed by atoms with Crippen LogP contribution in [0.25, 0.3) is 0 Å². The van der Waals surface area contributed by atoms with Crippen LogP contribution >= 0.6 is 12.4 Å². The number of methoxy groups -OCH3 is 1. The predicted molar refractivity (Wildman–Crippen MR) is 71.8 cm³/mol. The zero-order chi connectivity index (χ0) is 12.9. The van der Waals surface area contributed by atoms with Crippen LogP contribution in [0.5, 0.6) is 0 Å². The lowest BCUT2D eigenvalue weighted by Crippen LogP contribution is -2.52. The van der Waals surface area contributed by atoms with E-state index in [2.05, 4.69) is 5.32 Å². The molecule has 1 N–H and O–H groups in total. The monoisotopic (exact) mass is 300 g/mol. The number of ether oxygens (including phenoxy) is 1. The van der Waals surface area contributed by atoms with E-state index < -0.39 is 9.84 Å². The van der Waals surface area contributed by atoms with Crippen molar-refractivity contribution in [2.24, 2.45) is 0 Å². The molecule has 0 saturated carbocycles. The molecule has 0 aromatic carbocycles. The Kier molecular flexibility index (Phi) is 7.77. The number of nitrogens with zero attached hydrogens (tertiary/aromatic N) is 1. The molecule has 1 saturated heterocycles. The highest BCUT2D eigenvalue weighted by molar-refractivity contribution is 7.91. The van der Waals surface area contributed by atoms with Crippen molar-refractivity contribution in [2.45, 2.75) is 13.0 Å². The van der Waals surface area contributed by atoms with Gasteiger partial charge in [-0.2, -0.15) is 0 Å². The molecule has 1 atom stereocenters. The molecule has 0 radical (unpaired) electrons. The summed E-state index contributed by atoms with van der Waals surface area (Å²) in [7, 11) is -1.36. The van der Waals surface area contributed by atoms with E-state index in [1.807, 2.05) is 0 Å². The van der Waals surface area contributed by atoms with Gasteiger partial charge in [0.2, 0.25) is 5.91 Å². The molecule has 18 heavy (non-hydrogen) atoms. The van der Waals surface area contributed by atoms with Crippen molar-refractivity contribution in [2.75, 3.05) is 44.9 Å². The van der Waals surface area contributed by atoms with E-state index in [-0.39, 0.29) is 42.4 Å². The van der Waals surface area contributed by atoms with Gasteiger partial charge in [0.1, 0.15) is 0 Å². The van der Waals surface area contributed by atoms with Crippen LogP contribution in [0.3, 0.4) is 0 Å². The molecule has 1 unspecified atom stereocenters. The van der Waals surface area contributed by atoms with Crippen LogP contribution in [-0.2, 0) is 19.4 Å². The van der Waals surface area contributed by atoms with E-state index in [4.69, 9.17) is 4.74 Å². The van der Waals surface area contributed by atoms with E-state index in [1.54, 1.807) is 18.9 Å². The number of hydrogen-bond acceptors (Lipinski definition) is 5. The molecule has 1 amide bonds. The fraction of sp³-hybridized carbons (Fsp3) is 0.900. The lowest BCUT2D eigenvalue weighted by molar-refractivity contribution is -0.131. The summed E-state index contributed by atoms with van der Waals surface area (Å²) in [5.41, 5.74) is 0. The van der Waals surface area contributed by atoms with Crippen LogP contribution in [0.1, 0.15) is 6.92 Å². The zero-order valence-electron chi connectivity index (χ0n) is 10.7. The summed E-state index contributed by atoms with van der Waals surface area (Å²) in [6, 6.07) is -0.231. The maximum absolute atomic E-state index is 11.8. The first-order valence-corrected chi connectivity index (χ1v) is 7.48. The normalized spacial score (nSPS) is 22.3. The minimum Gasteiger partial charge on any atom is -0.383 e. The zero-order valence-corrected chi connectivity index (χ0v) is 12.3. The molecule has 0 bridgehead atoms. The second-order valence-corrected chi connectivity index (χ2v) is 6.45. The van der Waals surface area contributed by atoms with Gasteiger partial charge in [0, 0.05) is 26.2 Å². The first kappa shape index (κ1) is 17.6. The number of sulfone groups is 1. The van der Waals surface area contributed by atoms with Crippen LogP contribution in [0, 0.1) is 0 Å². The summed E-state index contributed by atoms with van der Waals surface area (Å²) >= 11 is 0. The highest BCUT2D eigenvalue weighted by atomic mass is 35.5. The summed E-state index contributed by atoms with van der Waals surface area (Å²) in [6.07, 6.45) is 0. The van der Waals surface area contributed by atoms with Crippen LogP contribution in [-0.4, -0.2) is 70.1 Å². The number of rotatable bonds is 5. The van der Waals surface area contributed by atoms with E-state index in [9.17, 15) is 13.2 Å². The number of carbonyl (C=O) groups excluding carboxylic acids is 1. The highest BCUT2D eigenvalue weighted by Crippen LogP contribution is 2.11. The fourth-order valence-electron chi connectivity index (χ4n) is 1.84. The Labute approximate surface area is 114 Å². The Morgan fingerprint density at radius 2 is 2.17 bits per heavy atom. The van der Waals surface area contributed by atoms with Crippen molar-refractivity contribution < 1.29 is 17.9 Å². The van der Waals surface area contributed by atoms with Gasteiger partial charge in [-0.3, -0.25) is 4.79 Å². The predicted octanol–water partition coefficient (Wildman–Crippen LogP) is -0.710. The largest absolute Gasteiger partial charge is 0.383 e. The molecule has 1 aliphatic rings. The number of hydrogen-bond donors (Lipinski definition) is 1. The van der Waals surface area contributed by atoms with E-state index in [1.165, 1.54) is 0 Å². The molecular weight excluding hydrogens is 280 g/mol. The lowest BCUT2D eigenvalue weighted by Gasteiger charge is -2.33. The van der Waals surface area contributed by atoms with Gasteiger partial charge in [-0.25, -0.2) is 8.42 Å². The van der Waals surface area contributed by atoms with Gasteiger partial charge >= 0.3 is 0 Å². The van der Waals surface area contributed by atoms with Gasteiger partial charge in [-0.15, -0.1) is 12.4 Å². The van der Waals surface area contributed by atoms with Gasteiger partial charge in [0.05, 0.1) is 24.7 Å². The third kappa shape index (κ3) is 5.51. The first-order valence-electron chi connectivity index (χ1n) is 5.66. The molecule has 0 spiro atoms. The molecular formula is C10H21ClN2O4S. The van der Waals surface area contributed by atoms with Gasteiger partial charge in [0.15, 0.2) is 9.84 Å². The maximum atomic E-state index is 11.8. The van der Waals surface area contributed by atoms with Crippen molar-refractivity contribution in [1.29, 1.82) is 0 Å². The van der Waals surface area contributed by atoms with Gasteiger partial charge in [0.25, 0.3) is 0 Å². The second kappa shape index (κ2) is 7.93. The first-order chi connectivity index (χ1) is 7.96. The van der Waals surface area contributed by atoms with Crippen LogP contribution in [0.4, 0.5) is 0 Å². The molecule has 108 valence electrons. The minimum atomic E-state index is -2.96. The Bertz CT molecular complexity index is 361. The number of nitrogens with one attached hydrogen (secondary N) is 1. The summed E-state index contributed by atoms with van der Waals surface area (Å²) in [6.45, 7) is 3.46. The van der Waals surface area contributed by atoms with Crippen molar-refractivity contribution >= 4 is 28.2 Å². The molecule has 0 aromatic heterocycles. The molecule has 1 fully saturated rings. The smallest absolute Gasteiger partial charge is 0.236 e. The third-order valence-electron chi connectivity index (χ3n) is 2.75. The van der Waals surface area contributed by atoms with Gasteiger partial charge in [-0.1, -0.05) is 0 Å². The van der Waals surface area contributed by atoms with Crippen LogP contribution in [0.15, 0.2) is 0 Å². The Morgan fingerprint density at radius 1 is 1.50 bits per heavy atom. The summed E-state index contributed by atoms with van der Waals surface area (Å²) < 4.78 is 27.6. The summed E-state index contributed by atoms with van der Waals surface area (Å²) in [4.78, 5) is 13.4. The standard InChI is InChI=1S/C10H20N2O4S.ClH/c1-9-8-17(14,15)6-4-12(9)10(13)7-11-3-5-16-2;/h9,11H,3-8H2,1-2H3;1H. The quantitative estimate of drug-likeness (QED) is 0.679. The Hall–Kier alpha value is -0.370. The third-order valence-corrected chi connectivity index (χ3v) is 4.54. The van der Waals surface area contributed by atoms with Gasteiger partial charge in [-0.05, 0) is 6.92 Å². The van der Waals surface area contributed by atoms with Crippen LogP contribution in [0.2, 0.25) is 0 Å². The Morgan fingerprint density at radius 3 is 2.72 bits per heavy atom. The van der Waals surface area contributed by atoms with E-state index >= 15 is 0 Å². The van der Waals surface area contributed by atoms with E-state index in [0.717, 1.165) is 0 Å². The number of halogens is 1. The molecule has 1 aliphatic heterocycles. The van der Waals surface area contributed by atoms with Crippen LogP contribution < -0.4 is 5.32 Å². The second-order valence-electron chi connectivity index (χ2n) is 4.22. The molecule has 1 heterocycles. The Balaban J connectivity index is 0.00000289. The van der Waals surface area contributed by atoms with Crippen molar-refractivity contribution in [1.82, 2.24) is 10.2 Å². The molecule has 1 rings (SSSR count). The number of amides is 1. The highest BCUT2D eigenvalue weighted by Gasteiger charge is 2.30. The molecule has 0 aromatic rings. The maximum Gasteiger partial charge on any atom is 0.236 e. The minimum absolute atomic E-state index is 0. The summed E-state index contributed by atoms with van der Waals surface area (Å²) in [5, 5.41) is 2.96. The van der Waals surface area contributed by atoms with Crippen molar-refractivity contribution in [3.05, 3.63) is 0 Å². The average molecular weight is 301 g/mol. The lowest BCUT2D eigenvalue weighted by atomic mass is 10.3. The summed E-state index contributed by atoms with van der Waals surface area (Å²) in [5.74, 6) is 0.0846. The fourth-order valence-corrected chi connectivity index (χ4v) is 3.40. The topological polar surface area (TPSA) is 75.7 Å².